The molecule has 1 aliphatic heterocycles. The van der Waals surface area contributed by atoms with E-state index in [9.17, 15) is 18.0 Å². The van der Waals surface area contributed by atoms with Gasteiger partial charge in [0.15, 0.2) is 0 Å². The molecule has 0 bridgehead atoms. The number of hydrogen-bond acceptors (Lipinski definition) is 2. The molecule has 1 fully saturated rings. The smallest absolute Gasteiger partial charge is 0.416 e. The quantitative estimate of drug-likeness (QED) is 0.848. The van der Waals surface area contributed by atoms with Crippen molar-refractivity contribution in [1.82, 2.24) is 4.90 Å². The van der Waals surface area contributed by atoms with Crippen molar-refractivity contribution in [2.45, 2.75) is 32.6 Å². The first-order chi connectivity index (χ1) is 9.29. The molecule has 0 aliphatic carbocycles. The average Bonchev–Trinajstić information content (AvgIpc) is 2.71. The summed E-state index contributed by atoms with van der Waals surface area (Å²) in [6.45, 7) is 4.55. The molecule has 1 aromatic rings. The van der Waals surface area contributed by atoms with E-state index in [1.165, 1.54) is 12.1 Å². The van der Waals surface area contributed by atoms with Crippen LogP contribution in [0, 0.1) is 5.92 Å². The predicted molar refractivity (Wildman–Crippen MR) is 67.0 cm³/mol. The standard InChI is InChI=1S/C14H16F3NO2/c1-9(2)12-8-20-13(19)18(12)7-10-3-5-11(6-4-10)14(15,16)17/h3-6,9,12H,7-8H2,1-2H3. The molecule has 0 aromatic heterocycles. The monoisotopic (exact) mass is 287 g/mol. The summed E-state index contributed by atoms with van der Waals surface area (Å²) in [6, 6.07) is 4.81. The minimum absolute atomic E-state index is 0.0372. The second kappa shape index (κ2) is 5.34. The van der Waals surface area contributed by atoms with E-state index in [4.69, 9.17) is 4.74 Å². The fourth-order valence-corrected chi connectivity index (χ4v) is 2.19. The summed E-state index contributed by atoms with van der Waals surface area (Å²) in [4.78, 5) is 13.2. The van der Waals surface area contributed by atoms with E-state index in [2.05, 4.69) is 0 Å². The zero-order valence-corrected chi connectivity index (χ0v) is 11.3. The van der Waals surface area contributed by atoms with Gasteiger partial charge in [0.2, 0.25) is 0 Å². The molecule has 6 heteroatoms. The lowest BCUT2D eigenvalue weighted by Crippen LogP contribution is -2.36. The average molecular weight is 287 g/mol. The molecule has 1 heterocycles. The molecule has 110 valence electrons. The molecule has 2 rings (SSSR count). The third-order valence-corrected chi connectivity index (χ3v) is 3.42. The summed E-state index contributed by atoms with van der Waals surface area (Å²) in [5.41, 5.74) is -0.0341. The molecule has 1 aliphatic rings. The number of alkyl halides is 3. The third-order valence-electron chi connectivity index (χ3n) is 3.42. The van der Waals surface area contributed by atoms with Gasteiger partial charge in [-0.25, -0.2) is 4.79 Å². The van der Waals surface area contributed by atoms with Crippen molar-refractivity contribution in [3.63, 3.8) is 0 Å². The van der Waals surface area contributed by atoms with Crippen LogP contribution in [0.5, 0.6) is 0 Å². The van der Waals surface area contributed by atoms with Crippen LogP contribution in [-0.4, -0.2) is 23.6 Å². The van der Waals surface area contributed by atoms with E-state index in [1.807, 2.05) is 13.8 Å². The maximum atomic E-state index is 12.5. The molecular formula is C14H16F3NO2. The Morgan fingerprint density at radius 3 is 2.40 bits per heavy atom. The number of nitrogens with zero attached hydrogens (tertiary/aromatic N) is 1. The van der Waals surface area contributed by atoms with Crippen LogP contribution in [0.2, 0.25) is 0 Å². The van der Waals surface area contributed by atoms with Crippen LogP contribution in [0.15, 0.2) is 24.3 Å². The molecule has 0 saturated carbocycles. The molecule has 1 amide bonds. The summed E-state index contributed by atoms with van der Waals surface area (Å²) >= 11 is 0. The molecule has 0 spiro atoms. The number of cyclic esters (lactones) is 1. The van der Waals surface area contributed by atoms with Gasteiger partial charge >= 0.3 is 12.3 Å². The highest BCUT2D eigenvalue weighted by Gasteiger charge is 2.35. The summed E-state index contributed by atoms with van der Waals surface area (Å²) in [5.74, 6) is 0.232. The molecule has 0 N–H and O–H groups in total. The molecular weight excluding hydrogens is 271 g/mol. The van der Waals surface area contributed by atoms with Crippen LogP contribution >= 0.6 is 0 Å². The molecule has 1 saturated heterocycles. The van der Waals surface area contributed by atoms with Crippen molar-refractivity contribution in [1.29, 1.82) is 0 Å². The molecule has 20 heavy (non-hydrogen) atoms. The van der Waals surface area contributed by atoms with Gasteiger partial charge < -0.3 is 4.74 Å². The second-order valence-corrected chi connectivity index (χ2v) is 5.21. The number of rotatable bonds is 3. The molecule has 1 unspecified atom stereocenters. The number of ether oxygens (including phenoxy) is 1. The Labute approximate surface area is 115 Å². The SMILES string of the molecule is CC(C)C1COC(=O)N1Cc1ccc(C(F)(F)F)cc1. The fourth-order valence-electron chi connectivity index (χ4n) is 2.19. The lowest BCUT2D eigenvalue weighted by molar-refractivity contribution is -0.137. The van der Waals surface area contributed by atoms with E-state index in [0.29, 0.717) is 12.2 Å². The lowest BCUT2D eigenvalue weighted by Gasteiger charge is -2.24. The zero-order chi connectivity index (χ0) is 14.9. The molecule has 3 nitrogen and oxygen atoms in total. The highest BCUT2D eigenvalue weighted by molar-refractivity contribution is 5.70. The molecule has 0 radical (unpaired) electrons. The van der Waals surface area contributed by atoms with Crippen LogP contribution < -0.4 is 0 Å². The predicted octanol–water partition coefficient (Wildman–Crippen LogP) is 3.68. The summed E-state index contributed by atoms with van der Waals surface area (Å²) in [7, 11) is 0. The van der Waals surface area contributed by atoms with Crippen molar-refractivity contribution < 1.29 is 22.7 Å². The van der Waals surface area contributed by atoms with Crippen molar-refractivity contribution >= 4 is 6.09 Å². The first kappa shape index (κ1) is 14.7. The summed E-state index contributed by atoms with van der Waals surface area (Å²) in [6.07, 6.45) is -4.76. The fraction of sp³-hybridized carbons (Fsp3) is 0.500. The Morgan fingerprint density at radius 1 is 1.30 bits per heavy atom. The van der Waals surface area contributed by atoms with Crippen LogP contribution in [0.25, 0.3) is 0 Å². The van der Waals surface area contributed by atoms with Gasteiger partial charge in [-0.15, -0.1) is 0 Å². The van der Waals surface area contributed by atoms with E-state index in [1.54, 1.807) is 4.90 Å². The molecule has 1 atom stereocenters. The van der Waals surface area contributed by atoms with Crippen molar-refractivity contribution in [3.8, 4) is 0 Å². The number of hydrogen-bond donors (Lipinski definition) is 0. The number of amides is 1. The minimum atomic E-state index is -4.34. The largest absolute Gasteiger partial charge is 0.447 e. The van der Waals surface area contributed by atoms with Gasteiger partial charge in [0.1, 0.15) is 6.61 Å². The Morgan fingerprint density at radius 2 is 1.90 bits per heavy atom. The summed E-state index contributed by atoms with van der Waals surface area (Å²) < 4.78 is 42.4. The van der Waals surface area contributed by atoms with E-state index >= 15 is 0 Å². The Hall–Kier alpha value is -1.72. The van der Waals surface area contributed by atoms with Crippen LogP contribution in [0.1, 0.15) is 25.0 Å². The van der Waals surface area contributed by atoms with Crippen molar-refractivity contribution in [2.75, 3.05) is 6.61 Å². The van der Waals surface area contributed by atoms with Gasteiger partial charge in [-0.1, -0.05) is 26.0 Å². The summed E-state index contributed by atoms with van der Waals surface area (Å²) in [5, 5.41) is 0. The van der Waals surface area contributed by atoms with Gasteiger partial charge in [-0.3, -0.25) is 4.90 Å². The Balaban J connectivity index is 2.11. The van der Waals surface area contributed by atoms with Crippen LogP contribution in [0.3, 0.4) is 0 Å². The number of carbonyl (C=O) groups is 1. The number of carbonyl (C=O) groups excluding carboxylic acids is 1. The maximum absolute atomic E-state index is 12.5. The Bertz CT molecular complexity index is 482. The van der Waals surface area contributed by atoms with Crippen molar-refractivity contribution in [2.24, 2.45) is 5.92 Å². The first-order valence-electron chi connectivity index (χ1n) is 6.38. The minimum Gasteiger partial charge on any atom is -0.447 e. The number of halogens is 3. The third kappa shape index (κ3) is 3.05. The van der Waals surface area contributed by atoms with Gasteiger partial charge in [0.05, 0.1) is 11.6 Å². The van der Waals surface area contributed by atoms with E-state index in [0.717, 1.165) is 12.1 Å². The van der Waals surface area contributed by atoms with Gasteiger partial charge in [-0.05, 0) is 23.6 Å². The topological polar surface area (TPSA) is 29.5 Å². The Kier molecular flexibility index (Phi) is 3.92. The normalized spacial score (nSPS) is 19.6. The highest BCUT2D eigenvalue weighted by atomic mass is 19.4. The van der Waals surface area contributed by atoms with E-state index in [-0.39, 0.29) is 18.5 Å². The van der Waals surface area contributed by atoms with E-state index < -0.39 is 17.8 Å². The van der Waals surface area contributed by atoms with Crippen LogP contribution in [-0.2, 0) is 17.5 Å². The van der Waals surface area contributed by atoms with Crippen molar-refractivity contribution in [3.05, 3.63) is 35.4 Å². The maximum Gasteiger partial charge on any atom is 0.416 e. The van der Waals surface area contributed by atoms with Gasteiger partial charge in [0.25, 0.3) is 0 Å². The van der Waals surface area contributed by atoms with Gasteiger partial charge in [-0.2, -0.15) is 13.2 Å². The molecule has 1 aromatic carbocycles. The second-order valence-electron chi connectivity index (χ2n) is 5.21. The first-order valence-corrected chi connectivity index (χ1v) is 6.38. The zero-order valence-electron chi connectivity index (χ0n) is 11.3. The van der Waals surface area contributed by atoms with Gasteiger partial charge in [0, 0.05) is 6.54 Å². The number of benzene rings is 1. The van der Waals surface area contributed by atoms with Crippen LogP contribution in [0.4, 0.5) is 18.0 Å². The lowest BCUT2D eigenvalue weighted by atomic mass is 10.0. The highest BCUT2D eigenvalue weighted by Crippen LogP contribution is 2.29.